The third-order valence-corrected chi connectivity index (χ3v) is 6.09. The molecule has 0 aromatic heterocycles. The van der Waals surface area contributed by atoms with Crippen LogP contribution in [0, 0.1) is 19.8 Å². The Bertz CT molecular complexity index is 624. The Morgan fingerprint density at radius 3 is 2.46 bits per heavy atom. The zero-order valence-corrected chi connectivity index (χ0v) is 17.1. The maximum atomic E-state index is 12.9. The maximum absolute atomic E-state index is 12.9. The Morgan fingerprint density at radius 1 is 1.15 bits per heavy atom. The summed E-state index contributed by atoms with van der Waals surface area (Å²) in [5, 5.41) is 0. The van der Waals surface area contributed by atoms with Crippen molar-refractivity contribution in [1.29, 1.82) is 0 Å². The van der Waals surface area contributed by atoms with Crippen LogP contribution in [0.3, 0.4) is 0 Å². The molecule has 1 heterocycles. The van der Waals surface area contributed by atoms with E-state index in [-0.39, 0.29) is 35.9 Å². The Hall–Kier alpha value is -1.26. The van der Waals surface area contributed by atoms with Gasteiger partial charge in [-0.3, -0.25) is 4.79 Å². The monoisotopic (exact) mass is 380 g/mol. The van der Waals surface area contributed by atoms with E-state index >= 15 is 0 Å². The van der Waals surface area contributed by atoms with Crippen LogP contribution in [0.25, 0.3) is 0 Å². The van der Waals surface area contributed by atoms with Gasteiger partial charge < -0.3 is 15.4 Å². The lowest BCUT2D eigenvalue weighted by Gasteiger charge is -2.41. The second-order valence-electron chi connectivity index (χ2n) is 8.19. The van der Waals surface area contributed by atoms with E-state index in [0.717, 1.165) is 57.4 Å². The molecule has 1 aromatic rings. The predicted octanol–water partition coefficient (Wildman–Crippen LogP) is 4.00. The second kappa shape index (κ2) is 8.62. The molecule has 2 fully saturated rings. The molecule has 0 bridgehead atoms. The zero-order chi connectivity index (χ0) is 18.0. The Kier molecular flexibility index (Phi) is 6.98. The SMILES string of the molecule is Cc1ccc(OC2CCN(C(=O)C3CCCCC3(C)N)CC2)cc1C.Cl. The normalized spacial score (nSPS) is 26.9. The van der Waals surface area contributed by atoms with Gasteiger partial charge in [0.2, 0.25) is 5.91 Å². The second-order valence-corrected chi connectivity index (χ2v) is 8.19. The number of halogens is 1. The topological polar surface area (TPSA) is 55.6 Å². The summed E-state index contributed by atoms with van der Waals surface area (Å²) in [6, 6.07) is 6.25. The van der Waals surface area contributed by atoms with Gasteiger partial charge in [0.15, 0.2) is 0 Å². The van der Waals surface area contributed by atoms with Gasteiger partial charge in [0.25, 0.3) is 0 Å². The summed E-state index contributed by atoms with van der Waals surface area (Å²) in [4.78, 5) is 14.9. The summed E-state index contributed by atoms with van der Waals surface area (Å²) >= 11 is 0. The number of ether oxygens (including phenoxy) is 1. The van der Waals surface area contributed by atoms with Crippen molar-refractivity contribution in [2.45, 2.75) is 70.9 Å². The van der Waals surface area contributed by atoms with Crippen LogP contribution in [-0.4, -0.2) is 35.5 Å². The van der Waals surface area contributed by atoms with E-state index in [9.17, 15) is 4.79 Å². The number of piperidine rings is 1. The Balaban J connectivity index is 0.00000243. The van der Waals surface area contributed by atoms with Crippen LogP contribution in [0.15, 0.2) is 18.2 Å². The number of amides is 1. The smallest absolute Gasteiger partial charge is 0.227 e. The van der Waals surface area contributed by atoms with Crippen LogP contribution in [0.5, 0.6) is 5.75 Å². The van der Waals surface area contributed by atoms with E-state index < -0.39 is 0 Å². The predicted molar refractivity (Wildman–Crippen MR) is 108 cm³/mol. The first-order valence-electron chi connectivity index (χ1n) is 9.68. The highest BCUT2D eigenvalue weighted by Gasteiger charge is 2.40. The molecule has 1 amide bonds. The molecule has 0 radical (unpaired) electrons. The first-order chi connectivity index (χ1) is 11.9. The minimum atomic E-state index is -0.345. The van der Waals surface area contributed by atoms with Gasteiger partial charge in [-0.05, 0) is 56.9 Å². The Labute approximate surface area is 163 Å². The molecule has 3 rings (SSSR count). The molecule has 1 aliphatic heterocycles. The first-order valence-corrected chi connectivity index (χ1v) is 9.68. The van der Waals surface area contributed by atoms with Gasteiger partial charge in [-0.25, -0.2) is 0 Å². The molecule has 2 atom stereocenters. The lowest BCUT2D eigenvalue weighted by molar-refractivity contribution is -0.140. The standard InChI is InChI=1S/C21H32N2O2.ClH/c1-15-7-8-18(14-16(15)2)25-17-9-12-23(13-10-17)20(24)19-6-4-5-11-21(19,3)22;/h7-8,14,17,19H,4-6,9-13,22H2,1-3H3;1H. The molecule has 2 unspecified atom stereocenters. The average molecular weight is 381 g/mol. The number of hydrogen-bond donors (Lipinski definition) is 1. The summed E-state index contributed by atoms with van der Waals surface area (Å²) < 4.78 is 6.14. The van der Waals surface area contributed by atoms with Crippen LogP contribution in [0.4, 0.5) is 0 Å². The van der Waals surface area contributed by atoms with Crippen molar-refractivity contribution < 1.29 is 9.53 Å². The molecule has 1 aromatic carbocycles. The molecule has 1 saturated heterocycles. The number of nitrogens with two attached hydrogens (primary N) is 1. The number of aryl methyl sites for hydroxylation is 2. The summed E-state index contributed by atoms with van der Waals surface area (Å²) in [5.74, 6) is 1.18. The molecule has 2 N–H and O–H groups in total. The molecular weight excluding hydrogens is 348 g/mol. The summed E-state index contributed by atoms with van der Waals surface area (Å²) in [6.45, 7) is 7.82. The fraction of sp³-hybridized carbons (Fsp3) is 0.667. The lowest BCUT2D eigenvalue weighted by atomic mass is 9.74. The van der Waals surface area contributed by atoms with E-state index in [1.165, 1.54) is 11.1 Å². The van der Waals surface area contributed by atoms with Crippen molar-refractivity contribution in [3.8, 4) is 5.75 Å². The van der Waals surface area contributed by atoms with Crippen LogP contribution in [0.1, 0.15) is 56.6 Å². The molecule has 2 aliphatic rings. The number of hydrogen-bond acceptors (Lipinski definition) is 3. The van der Waals surface area contributed by atoms with Gasteiger partial charge in [-0.15, -0.1) is 12.4 Å². The molecule has 4 nitrogen and oxygen atoms in total. The van der Waals surface area contributed by atoms with Gasteiger partial charge in [0, 0.05) is 31.5 Å². The molecule has 5 heteroatoms. The molecule has 1 saturated carbocycles. The van der Waals surface area contributed by atoms with E-state index in [2.05, 4.69) is 26.0 Å². The zero-order valence-electron chi connectivity index (χ0n) is 16.3. The Morgan fingerprint density at radius 2 is 1.85 bits per heavy atom. The molecule has 1 aliphatic carbocycles. The quantitative estimate of drug-likeness (QED) is 0.862. The van der Waals surface area contributed by atoms with Gasteiger partial charge in [0.05, 0.1) is 5.92 Å². The molecular formula is C21H33ClN2O2. The van der Waals surface area contributed by atoms with Crippen LogP contribution in [0.2, 0.25) is 0 Å². The number of likely N-dealkylation sites (tertiary alicyclic amines) is 1. The van der Waals surface area contributed by atoms with Crippen molar-refractivity contribution >= 4 is 18.3 Å². The summed E-state index contributed by atoms with van der Waals surface area (Å²) in [7, 11) is 0. The maximum Gasteiger partial charge on any atom is 0.227 e. The van der Waals surface area contributed by atoms with Crippen LogP contribution in [-0.2, 0) is 4.79 Å². The van der Waals surface area contributed by atoms with Gasteiger partial charge in [-0.1, -0.05) is 18.9 Å². The molecule has 146 valence electrons. The number of carbonyl (C=O) groups excluding carboxylic acids is 1. The molecule has 0 spiro atoms. The number of nitrogens with zero attached hydrogens (tertiary/aromatic N) is 1. The van der Waals surface area contributed by atoms with Crippen LogP contribution >= 0.6 is 12.4 Å². The van der Waals surface area contributed by atoms with Crippen molar-refractivity contribution in [2.75, 3.05) is 13.1 Å². The number of carbonyl (C=O) groups is 1. The largest absolute Gasteiger partial charge is 0.490 e. The average Bonchev–Trinajstić information content (AvgIpc) is 2.58. The van der Waals surface area contributed by atoms with Crippen LogP contribution < -0.4 is 10.5 Å². The minimum Gasteiger partial charge on any atom is -0.490 e. The minimum absolute atomic E-state index is 0. The van der Waals surface area contributed by atoms with Crippen molar-refractivity contribution in [1.82, 2.24) is 4.90 Å². The van der Waals surface area contributed by atoms with Gasteiger partial charge >= 0.3 is 0 Å². The van der Waals surface area contributed by atoms with Crippen molar-refractivity contribution in [3.63, 3.8) is 0 Å². The fourth-order valence-corrected chi connectivity index (χ4v) is 4.16. The highest BCUT2D eigenvalue weighted by molar-refractivity contribution is 5.85. The fourth-order valence-electron chi connectivity index (χ4n) is 4.16. The summed E-state index contributed by atoms with van der Waals surface area (Å²) in [5.41, 5.74) is 8.60. The highest BCUT2D eigenvalue weighted by atomic mass is 35.5. The summed E-state index contributed by atoms with van der Waals surface area (Å²) in [6.07, 6.45) is 6.14. The number of benzene rings is 1. The van der Waals surface area contributed by atoms with Gasteiger partial charge in [0.1, 0.15) is 11.9 Å². The lowest BCUT2D eigenvalue weighted by Crippen LogP contribution is -2.55. The highest BCUT2D eigenvalue weighted by Crippen LogP contribution is 2.33. The van der Waals surface area contributed by atoms with Crippen molar-refractivity contribution in [3.05, 3.63) is 29.3 Å². The third-order valence-electron chi connectivity index (χ3n) is 6.09. The van der Waals surface area contributed by atoms with E-state index in [1.807, 2.05) is 17.9 Å². The van der Waals surface area contributed by atoms with Crippen molar-refractivity contribution in [2.24, 2.45) is 11.7 Å². The van der Waals surface area contributed by atoms with E-state index in [4.69, 9.17) is 10.5 Å². The van der Waals surface area contributed by atoms with E-state index in [1.54, 1.807) is 0 Å². The van der Waals surface area contributed by atoms with E-state index in [0.29, 0.717) is 0 Å². The van der Waals surface area contributed by atoms with Gasteiger partial charge in [-0.2, -0.15) is 0 Å². The molecule has 26 heavy (non-hydrogen) atoms. The first kappa shape index (κ1) is 21.0. The third kappa shape index (κ3) is 4.72. The number of rotatable bonds is 3.